The molecule has 3 fully saturated rings. The Morgan fingerprint density at radius 1 is 1.28 bits per heavy atom. The molecule has 6 N–H and O–H groups in total. The van der Waals surface area contributed by atoms with Crippen LogP contribution >= 0.6 is 23.4 Å². The Labute approximate surface area is 195 Å². The van der Waals surface area contributed by atoms with Crippen LogP contribution in [0.3, 0.4) is 0 Å². The minimum Gasteiger partial charge on any atom is -0.480 e. The van der Waals surface area contributed by atoms with Crippen LogP contribution in [0.5, 0.6) is 0 Å². The van der Waals surface area contributed by atoms with E-state index in [4.69, 9.17) is 26.2 Å². The Morgan fingerprint density at radius 2 is 2.00 bits per heavy atom. The van der Waals surface area contributed by atoms with E-state index in [1.54, 1.807) is 18.1 Å². The highest BCUT2D eigenvalue weighted by Crippen LogP contribution is 2.30. The molecule has 3 aliphatic heterocycles. The van der Waals surface area contributed by atoms with Crippen molar-refractivity contribution in [1.29, 1.82) is 0 Å². The zero-order chi connectivity index (χ0) is 23.6. The van der Waals surface area contributed by atoms with E-state index in [9.17, 15) is 24.9 Å². The van der Waals surface area contributed by atoms with E-state index in [1.807, 2.05) is 0 Å². The van der Waals surface area contributed by atoms with Crippen LogP contribution in [0.1, 0.15) is 6.92 Å². The summed E-state index contributed by atoms with van der Waals surface area (Å²) in [5.41, 5.74) is -0.785. The number of fused-ring (bicyclic) bond motifs is 1. The second kappa shape index (κ2) is 11.2. The number of halogens is 1. The molecule has 3 saturated heterocycles. The molecule has 10 atom stereocenters. The first-order chi connectivity index (χ1) is 15.1. The lowest BCUT2D eigenvalue weighted by Crippen LogP contribution is -2.65. The molecule has 3 rings (SSSR count). The Hall–Kier alpha value is -0.700. The Bertz CT molecular complexity index is 674. The fraction of sp³-hybridized carbons (Fsp3) is 0.895. The summed E-state index contributed by atoms with van der Waals surface area (Å²) >= 11 is 7.51. The minimum absolute atomic E-state index is 0.0613. The molecular formula is C19H32ClN3O8S. The van der Waals surface area contributed by atoms with Crippen LogP contribution in [0.25, 0.3) is 0 Å². The molecule has 0 saturated carbocycles. The van der Waals surface area contributed by atoms with Gasteiger partial charge in [-0.1, -0.05) is 0 Å². The van der Waals surface area contributed by atoms with Crippen molar-refractivity contribution in [1.82, 2.24) is 15.5 Å². The summed E-state index contributed by atoms with van der Waals surface area (Å²) in [7, 11) is 0. The van der Waals surface area contributed by atoms with E-state index in [2.05, 4.69) is 10.6 Å². The fourth-order valence-corrected chi connectivity index (χ4v) is 5.46. The number of hydrogen-bond acceptors (Lipinski definition) is 10. The first-order valence-electron chi connectivity index (χ1n) is 10.6. The van der Waals surface area contributed by atoms with Crippen LogP contribution in [0.15, 0.2) is 0 Å². The fourth-order valence-electron chi connectivity index (χ4n) is 4.58. The lowest BCUT2D eigenvalue weighted by Gasteiger charge is -2.44. The lowest BCUT2D eigenvalue weighted by molar-refractivity contribution is -0.205. The van der Waals surface area contributed by atoms with Gasteiger partial charge in [0.25, 0.3) is 0 Å². The number of ether oxygens (including phenoxy) is 2. The Kier molecular flexibility index (Phi) is 9.03. The molecule has 5 unspecified atom stereocenters. The molecule has 13 heteroatoms. The SMILES string of the molecule is CSC1OC([C@H](NC(=O)[C@H]2NC[C@@H]3CN(CC(=O)O)CCO[C@H]32)[C@H](C)Cl)C(O)C(O)C1O. The first-order valence-corrected chi connectivity index (χ1v) is 12.3. The smallest absolute Gasteiger partial charge is 0.317 e. The molecule has 0 bridgehead atoms. The number of aliphatic hydroxyl groups excluding tert-OH is 3. The number of carbonyl (C=O) groups is 2. The van der Waals surface area contributed by atoms with Crippen molar-refractivity contribution in [3.05, 3.63) is 0 Å². The van der Waals surface area contributed by atoms with Gasteiger partial charge in [0.15, 0.2) is 0 Å². The van der Waals surface area contributed by atoms with Crippen molar-refractivity contribution < 1.29 is 39.5 Å². The molecule has 0 aromatic rings. The molecule has 0 aliphatic carbocycles. The van der Waals surface area contributed by atoms with E-state index < -0.39 is 65.3 Å². The Morgan fingerprint density at radius 3 is 2.62 bits per heavy atom. The maximum Gasteiger partial charge on any atom is 0.317 e. The molecule has 0 aromatic carbocycles. The van der Waals surface area contributed by atoms with Crippen LogP contribution in [-0.4, -0.2) is 130 Å². The van der Waals surface area contributed by atoms with Gasteiger partial charge < -0.3 is 40.5 Å². The van der Waals surface area contributed by atoms with Crippen molar-refractivity contribution in [2.45, 2.75) is 60.3 Å². The molecule has 1 amide bonds. The number of carboxylic acids is 1. The molecule has 3 aliphatic rings. The van der Waals surface area contributed by atoms with Crippen molar-refractivity contribution >= 4 is 35.2 Å². The molecule has 0 radical (unpaired) electrons. The second-order valence-electron chi connectivity index (χ2n) is 8.50. The summed E-state index contributed by atoms with van der Waals surface area (Å²) in [5.74, 6) is -1.36. The van der Waals surface area contributed by atoms with Gasteiger partial charge in [-0.05, 0) is 13.2 Å². The van der Waals surface area contributed by atoms with Gasteiger partial charge in [0.1, 0.15) is 35.9 Å². The van der Waals surface area contributed by atoms with Gasteiger partial charge >= 0.3 is 5.97 Å². The highest BCUT2D eigenvalue weighted by atomic mass is 35.5. The van der Waals surface area contributed by atoms with Crippen LogP contribution < -0.4 is 10.6 Å². The summed E-state index contributed by atoms with van der Waals surface area (Å²) in [6.45, 7) is 3.31. The zero-order valence-electron chi connectivity index (χ0n) is 18.0. The number of aliphatic hydroxyl groups is 3. The van der Waals surface area contributed by atoms with Gasteiger partial charge in [0.2, 0.25) is 5.91 Å². The van der Waals surface area contributed by atoms with E-state index >= 15 is 0 Å². The average Bonchev–Trinajstić information content (AvgIpc) is 3.02. The summed E-state index contributed by atoms with van der Waals surface area (Å²) in [6.07, 6.45) is -3.93. The van der Waals surface area contributed by atoms with Gasteiger partial charge in [-0.25, -0.2) is 0 Å². The molecule has 0 aromatic heterocycles. The summed E-state index contributed by atoms with van der Waals surface area (Å²) in [4.78, 5) is 26.0. The number of amides is 1. The predicted molar refractivity (Wildman–Crippen MR) is 117 cm³/mol. The number of carbonyl (C=O) groups excluding carboxylic acids is 1. The molecule has 3 heterocycles. The van der Waals surface area contributed by atoms with Crippen LogP contribution in [0.2, 0.25) is 0 Å². The molecule has 184 valence electrons. The predicted octanol–water partition coefficient (Wildman–Crippen LogP) is -2.36. The number of aliphatic carboxylic acids is 1. The molecule has 32 heavy (non-hydrogen) atoms. The first kappa shape index (κ1) is 25.9. The van der Waals surface area contributed by atoms with Crippen molar-refractivity contribution in [2.75, 3.05) is 39.0 Å². The summed E-state index contributed by atoms with van der Waals surface area (Å²) < 4.78 is 11.7. The van der Waals surface area contributed by atoms with Gasteiger partial charge in [-0.2, -0.15) is 0 Å². The third-order valence-corrected chi connectivity index (χ3v) is 7.37. The van der Waals surface area contributed by atoms with Crippen LogP contribution in [0.4, 0.5) is 0 Å². The zero-order valence-corrected chi connectivity index (χ0v) is 19.5. The van der Waals surface area contributed by atoms with E-state index in [0.717, 1.165) is 0 Å². The standard InChI is InChI=1S/C19H32ClN3O8S/c1-8(20)11(17-14(27)13(26)15(28)19(31-17)32-2)22-18(29)12-16-9(5-21-12)6-23(3-4-30-16)7-10(24)25/h8-9,11-17,19,21,26-28H,3-7H2,1-2H3,(H,22,29)(H,24,25)/t8-,9+,11+,12-,13?,14?,15?,16+,17?,19?/m0/s1. The minimum atomic E-state index is -1.44. The van der Waals surface area contributed by atoms with Gasteiger partial charge in [-0.3, -0.25) is 14.5 Å². The number of hydrogen-bond donors (Lipinski definition) is 6. The summed E-state index contributed by atoms with van der Waals surface area (Å²) in [6, 6.07) is -1.53. The number of carboxylic acid groups (broad SMARTS) is 1. The quantitative estimate of drug-likeness (QED) is 0.209. The van der Waals surface area contributed by atoms with Crippen LogP contribution in [-0.2, 0) is 19.1 Å². The second-order valence-corrected chi connectivity index (χ2v) is 10.1. The third-order valence-electron chi connectivity index (χ3n) is 6.24. The highest BCUT2D eigenvalue weighted by molar-refractivity contribution is 7.99. The maximum atomic E-state index is 13.2. The van der Waals surface area contributed by atoms with Crippen LogP contribution in [0, 0.1) is 5.92 Å². The van der Waals surface area contributed by atoms with Gasteiger partial charge in [-0.15, -0.1) is 23.4 Å². The largest absolute Gasteiger partial charge is 0.480 e. The monoisotopic (exact) mass is 497 g/mol. The number of rotatable bonds is 7. The normalized spacial score (nSPS) is 40.2. The van der Waals surface area contributed by atoms with E-state index in [0.29, 0.717) is 26.2 Å². The average molecular weight is 498 g/mol. The number of nitrogens with zero attached hydrogens (tertiary/aromatic N) is 1. The summed E-state index contributed by atoms with van der Waals surface area (Å²) in [5, 5.41) is 45.2. The topological polar surface area (TPSA) is 161 Å². The number of alkyl halides is 1. The molecule has 11 nitrogen and oxygen atoms in total. The van der Waals surface area contributed by atoms with Gasteiger partial charge in [0.05, 0.1) is 30.7 Å². The lowest BCUT2D eigenvalue weighted by atomic mass is 9.92. The van der Waals surface area contributed by atoms with Crippen molar-refractivity contribution in [3.8, 4) is 0 Å². The van der Waals surface area contributed by atoms with Crippen molar-refractivity contribution in [2.24, 2.45) is 5.92 Å². The third kappa shape index (κ3) is 5.68. The van der Waals surface area contributed by atoms with E-state index in [1.165, 1.54) is 11.8 Å². The molecule has 0 spiro atoms. The number of nitrogens with one attached hydrogen (secondary N) is 2. The maximum absolute atomic E-state index is 13.2. The van der Waals surface area contributed by atoms with E-state index in [-0.39, 0.29) is 12.5 Å². The highest BCUT2D eigenvalue weighted by Gasteiger charge is 2.49. The van der Waals surface area contributed by atoms with Crippen molar-refractivity contribution in [3.63, 3.8) is 0 Å². The number of thioether (sulfide) groups is 1. The molecular weight excluding hydrogens is 466 g/mol. The van der Waals surface area contributed by atoms with Gasteiger partial charge in [0, 0.05) is 25.6 Å². The Balaban J connectivity index is 1.68.